The normalized spacial score (nSPS) is 14.2. The van der Waals surface area contributed by atoms with Crippen LogP contribution in [-0.4, -0.2) is 38.8 Å². The van der Waals surface area contributed by atoms with Gasteiger partial charge in [-0.25, -0.2) is 0 Å². The van der Waals surface area contributed by atoms with Crippen LogP contribution in [0.4, 0.5) is 11.4 Å². The minimum Gasteiger partial charge on any atom is -0.484 e. The fourth-order valence-corrected chi connectivity index (χ4v) is 2.76. The van der Waals surface area contributed by atoms with Gasteiger partial charge in [0.05, 0.1) is 23.9 Å². The Labute approximate surface area is 152 Å². The molecule has 2 aromatic rings. The van der Waals surface area contributed by atoms with Crippen LogP contribution in [0.15, 0.2) is 42.5 Å². The van der Waals surface area contributed by atoms with Gasteiger partial charge in [-0.1, -0.05) is 29.3 Å². The summed E-state index contributed by atoms with van der Waals surface area (Å²) in [4.78, 5) is 14.4. The molecule has 1 saturated heterocycles. The number of amides is 1. The topological polar surface area (TPSA) is 50.8 Å². The lowest BCUT2D eigenvalue weighted by atomic mass is 10.2. The Hall–Kier alpha value is -2.24. The molecule has 1 N–H and O–H groups in total. The van der Waals surface area contributed by atoms with E-state index in [1.54, 1.807) is 6.07 Å². The van der Waals surface area contributed by atoms with E-state index in [1.807, 2.05) is 43.3 Å². The second kappa shape index (κ2) is 8.23. The molecule has 1 amide bonds. The van der Waals surface area contributed by atoms with Gasteiger partial charge in [0.1, 0.15) is 5.75 Å². The molecule has 0 aliphatic carbocycles. The van der Waals surface area contributed by atoms with Gasteiger partial charge in [0.15, 0.2) is 6.61 Å². The van der Waals surface area contributed by atoms with Crippen molar-refractivity contribution < 1.29 is 14.3 Å². The molecule has 2 aromatic carbocycles. The van der Waals surface area contributed by atoms with Crippen molar-refractivity contribution in [1.29, 1.82) is 0 Å². The van der Waals surface area contributed by atoms with Crippen molar-refractivity contribution in [3.63, 3.8) is 0 Å². The van der Waals surface area contributed by atoms with Crippen molar-refractivity contribution >= 4 is 28.9 Å². The van der Waals surface area contributed by atoms with E-state index in [4.69, 9.17) is 21.1 Å². The molecule has 0 unspecified atom stereocenters. The van der Waals surface area contributed by atoms with E-state index < -0.39 is 0 Å². The lowest BCUT2D eigenvalue weighted by molar-refractivity contribution is -0.118. The molecule has 0 radical (unpaired) electrons. The predicted octanol–water partition coefficient (Wildman–Crippen LogP) is 3.50. The Morgan fingerprint density at radius 1 is 1.20 bits per heavy atom. The number of carbonyl (C=O) groups excluding carboxylic acids is 1. The maximum atomic E-state index is 12.2. The number of hydrogen-bond donors (Lipinski definition) is 1. The van der Waals surface area contributed by atoms with E-state index in [0.717, 1.165) is 24.3 Å². The Bertz CT molecular complexity index is 728. The zero-order valence-corrected chi connectivity index (χ0v) is 14.9. The summed E-state index contributed by atoms with van der Waals surface area (Å²) in [5.74, 6) is 0.413. The van der Waals surface area contributed by atoms with Gasteiger partial charge >= 0.3 is 0 Å². The molecule has 25 heavy (non-hydrogen) atoms. The van der Waals surface area contributed by atoms with Gasteiger partial charge in [0.2, 0.25) is 0 Å². The molecular weight excluding hydrogens is 340 g/mol. The molecule has 0 bridgehead atoms. The highest BCUT2D eigenvalue weighted by Gasteiger charge is 2.14. The summed E-state index contributed by atoms with van der Waals surface area (Å²) in [6, 6.07) is 13.2. The molecule has 0 saturated carbocycles. The van der Waals surface area contributed by atoms with Crippen molar-refractivity contribution in [3.8, 4) is 5.75 Å². The average molecular weight is 361 g/mol. The number of morpholine rings is 1. The first kappa shape index (κ1) is 17.6. The maximum absolute atomic E-state index is 12.2. The number of hydrogen-bond acceptors (Lipinski definition) is 4. The highest BCUT2D eigenvalue weighted by Crippen LogP contribution is 2.28. The number of benzene rings is 2. The Morgan fingerprint density at radius 3 is 2.64 bits per heavy atom. The quantitative estimate of drug-likeness (QED) is 0.886. The van der Waals surface area contributed by atoms with Crippen LogP contribution in [0.1, 0.15) is 5.56 Å². The van der Waals surface area contributed by atoms with Gasteiger partial charge in [-0.2, -0.15) is 0 Å². The molecule has 0 atom stereocenters. The Kier molecular flexibility index (Phi) is 5.79. The minimum atomic E-state index is -0.249. The summed E-state index contributed by atoms with van der Waals surface area (Å²) in [5.41, 5.74) is 2.74. The molecule has 132 valence electrons. The second-order valence-electron chi connectivity index (χ2n) is 5.91. The molecule has 0 aromatic heterocycles. The van der Waals surface area contributed by atoms with Crippen LogP contribution in [0.3, 0.4) is 0 Å². The van der Waals surface area contributed by atoms with Gasteiger partial charge < -0.3 is 19.7 Å². The standard InChI is InChI=1S/C19H21ClN2O3/c1-14-2-5-16(6-3-14)25-13-19(23)21-18-12-15(4-7-17(18)20)22-8-10-24-11-9-22/h2-7,12H,8-11,13H2,1H3,(H,21,23). The molecular formula is C19H21ClN2O3. The van der Waals surface area contributed by atoms with E-state index in [2.05, 4.69) is 10.2 Å². The summed E-state index contributed by atoms with van der Waals surface area (Å²) in [6.45, 7) is 4.99. The molecule has 1 fully saturated rings. The molecule has 1 aliphatic rings. The third kappa shape index (κ3) is 4.87. The van der Waals surface area contributed by atoms with Gasteiger partial charge in [0, 0.05) is 18.8 Å². The SMILES string of the molecule is Cc1ccc(OCC(=O)Nc2cc(N3CCOCC3)ccc2Cl)cc1. The zero-order valence-electron chi connectivity index (χ0n) is 14.1. The van der Waals surface area contributed by atoms with Crippen LogP contribution >= 0.6 is 11.6 Å². The summed E-state index contributed by atoms with van der Waals surface area (Å²) in [7, 11) is 0. The van der Waals surface area contributed by atoms with Gasteiger partial charge in [-0.3, -0.25) is 4.79 Å². The largest absolute Gasteiger partial charge is 0.484 e. The molecule has 3 rings (SSSR count). The van der Waals surface area contributed by atoms with E-state index in [-0.39, 0.29) is 12.5 Å². The molecule has 0 spiro atoms. The van der Waals surface area contributed by atoms with Gasteiger partial charge in [-0.05, 0) is 37.3 Å². The summed E-state index contributed by atoms with van der Waals surface area (Å²) >= 11 is 6.22. The van der Waals surface area contributed by atoms with Gasteiger partial charge in [0.25, 0.3) is 5.91 Å². The van der Waals surface area contributed by atoms with Crippen molar-refractivity contribution in [2.24, 2.45) is 0 Å². The van der Waals surface area contributed by atoms with Crippen LogP contribution in [-0.2, 0) is 9.53 Å². The Balaban J connectivity index is 1.60. The third-order valence-electron chi connectivity index (χ3n) is 3.99. The fourth-order valence-electron chi connectivity index (χ4n) is 2.60. The zero-order chi connectivity index (χ0) is 17.6. The van der Waals surface area contributed by atoms with E-state index in [0.29, 0.717) is 29.7 Å². The first-order valence-corrected chi connectivity index (χ1v) is 8.61. The first-order valence-electron chi connectivity index (χ1n) is 8.23. The summed E-state index contributed by atoms with van der Waals surface area (Å²) in [6.07, 6.45) is 0. The number of nitrogens with one attached hydrogen (secondary N) is 1. The molecule has 5 nitrogen and oxygen atoms in total. The predicted molar refractivity (Wildman–Crippen MR) is 99.8 cm³/mol. The van der Waals surface area contributed by atoms with Crippen LogP contribution in [0.2, 0.25) is 5.02 Å². The molecule has 6 heteroatoms. The highest BCUT2D eigenvalue weighted by molar-refractivity contribution is 6.33. The van der Waals surface area contributed by atoms with Crippen molar-refractivity contribution in [1.82, 2.24) is 0 Å². The van der Waals surface area contributed by atoms with Crippen LogP contribution in [0.25, 0.3) is 0 Å². The number of anilines is 2. The van der Waals surface area contributed by atoms with E-state index in [9.17, 15) is 4.79 Å². The third-order valence-corrected chi connectivity index (χ3v) is 4.32. The van der Waals surface area contributed by atoms with Crippen LogP contribution in [0.5, 0.6) is 5.75 Å². The number of carbonyl (C=O) groups is 1. The number of aryl methyl sites for hydroxylation is 1. The lowest BCUT2D eigenvalue weighted by Crippen LogP contribution is -2.36. The average Bonchev–Trinajstić information content (AvgIpc) is 2.64. The van der Waals surface area contributed by atoms with Crippen molar-refractivity contribution in [2.45, 2.75) is 6.92 Å². The monoisotopic (exact) mass is 360 g/mol. The van der Waals surface area contributed by atoms with Gasteiger partial charge in [-0.15, -0.1) is 0 Å². The molecule has 1 aliphatic heterocycles. The minimum absolute atomic E-state index is 0.0683. The first-order chi connectivity index (χ1) is 12.1. The number of nitrogens with zero attached hydrogens (tertiary/aromatic N) is 1. The van der Waals surface area contributed by atoms with Crippen LogP contribution in [0, 0.1) is 6.92 Å². The van der Waals surface area contributed by atoms with Crippen molar-refractivity contribution in [2.75, 3.05) is 43.1 Å². The number of rotatable bonds is 5. The maximum Gasteiger partial charge on any atom is 0.262 e. The lowest BCUT2D eigenvalue weighted by Gasteiger charge is -2.29. The van der Waals surface area contributed by atoms with Crippen LogP contribution < -0.4 is 15.0 Å². The smallest absolute Gasteiger partial charge is 0.262 e. The van der Waals surface area contributed by atoms with Crippen molar-refractivity contribution in [3.05, 3.63) is 53.1 Å². The highest BCUT2D eigenvalue weighted by atomic mass is 35.5. The number of halogens is 1. The Morgan fingerprint density at radius 2 is 1.92 bits per heavy atom. The second-order valence-corrected chi connectivity index (χ2v) is 6.32. The summed E-state index contributed by atoms with van der Waals surface area (Å²) in [5, 5.41) is 3.32. The fraction of sp³-hybridized carbons (Fsp3) is 0.316. The number of ether oxygens (including phenoxy) is 2. The summed E-state index contributed by atoms with van der Waals surface area (Å²) < 4.78 is 10.9. The van der Waals surface area contributed by atoms with E-state index in [1.165, 1.54) is 0 Å². The van der Waals surface area contributed by atoms with E-state index >= 15 is 0 Å². The molecule has 1 heterocycles.